The first-order valence-corrected chi connectivity index (χ1v) is 8.86. The Morgan fingerprint density at radius 3 is 2.68 bits per heavy atom. The molecule has 0 aromatic heterocycles. The van der Waals surface area contributed by atoms with Gasteiger partial charge in [-0.1, -0.05) is 12.1 Å². The molecule has 1 fully saturated rings. The van der Waals surface area contributed by atoms with Gasteiger partial charge in [0.05, 0.1) is 31.6 Å². The summed E-state index contributed by atoms with van der Waals surface area (Å²) in [7, 11) is 1.29. The van der Waals surface area contributed by atoms with Gasteiger partial charge >= 0.3 is 5.97 Å². The van der Waals surface area contributed by atoms with Crippen LogP contribution in [0.15, 0.2) is 48.5 Å². The van der Waals surface area contributed by atoms with Gasteiger partial charge in [-0.05, 0) is 42.0 Å². The van der Waals surface area contributed by atoms with Gasteiger partial charge < -0.3 is 19.7 Å². The summed E-state index contributed by atoms with van der Waals surface area (Å²) < 4.78 is 23.4. The molecule has 1 aliphatic heterocycles. The third-order valence-electron chi connectivity index (χ3n) is 4.32. The minimum atomic E-state index is -0.542. The zero-order valence-electron chi connectivity index (χ0n) is 15.5. The number of nitrogens with zero attached hydrogens (tertiary/aromatic N) is 1. The van der Waals surface area contributed by atoms with Gasteiger partial charge in [0, 0.05) is 24.9 Å². The van der Waals surface area contributed by atoms with E-state index in [1.807, 2.05) is 6.07 Å². The van der Waals surface area contributed by atoms with Crippen LogP contribution in [-0.2, 0) is 14.3 Å². The van der Waals surface area contributed by atoms with Crippen molar-refractivity contribution >= 4 is 29.3 Å². The van der Waals surface area contributed by atoms with E-state index in [2.05, 4.69) is 10.2 Å². The van der Waals surface area contributed by atoms with E-state index in [9.17, 15) is 14.0 Å². The van der Waals surface area contributed by atoms with Crippen molar-refractivity contribution in [3.8, 4) is 0 Å². The number of ether oxygens (including phenoxy) is 2. The van der Waals surface area contributed by atoms with Gasteiger partial charge in [-0.15, -0.1) is 0 Å². The summed E-state index contributed by atoms with van der Waals surface area (Å²) in [6, 6.07) is 11.1. The van der Waals surface area contributed by atoms with Crippen LogP contribution in [0.1, 0.15) is 15.9 Å². The van der Waals surface area contributed by atoms with Crippen molar-refractivity contribution in [2.45, 2.75) is 0 Å². The molecule has 0 saturated carbocycles. The molecule has 6 nitrogen and oxygen atoms in total. The smallest absolute Gasteiger partial charge is 0.340 e. The number of halogens is 1. The Labute approximate surface area is 162 Å². The molecule has 3 rings (SSSR count). The number of anilines is 2. The van der Waals surface area contributed by atoms with Crippen LogP contribution in [0.4, 0.5) is 15.8 Å². The highest BCUT2D eigenvalue weighted by Crippen LogP contribution is 2.25. The number of amides is 1. The quantitative estimate of drug-likeness (QED) is 0.634. The summed E-state index contributed by atoms with van der Waals surface area (Å²) in [5.41, 5.74) is 2.03. The maximum Gasteiger partial charge on any atom is 0.340 e. The van der Waals surface area contributed by atoms with Crippen LogP contribution in [-0.4, -0.2) is 45.3 Å². The molecule has 2 aromatic carbocycles. The molecule has 2 aromatic rings. The fourth-order valence-electron chi connectivity index (χ4n) is 2.89. The molecule has 7 heteroatoms. The molecule has 0 aliphatic carbocycles. The first-order chi connectivity index (χ1) is 13.6. The molecule has 1 N–H and O–H groups in total. The number of rotatable bonds is 5. The number of hydrogen-bond donors (Lipinski definition) is 1. The lowest BCUT2D eigenvalue weighted by atomic mass is 10.1. The van der Waals surface area contributed by atoms with Gasteiger partial charge in [0.1, 0.15) is 5.82 Å². The van der Waals surface area contributed by atoms with Gasteiger partial charge in [-0.2, -0.15) is 0 Å². The lowest BCUT2D eigenvalue weighted by molar-refractivity contribution is -0.111. The van der Waals surface area contributed by atoms with E-state index in [1.54, 1.807) is 24.3 Å². The van der Waals surface area contributed by atoms with Crippen molar-refractivity contribution in [1.82, 2.24) is 0 Å². The molecule has 0 radical (unpaired) electrons. The number of morpholine rings is 1. The molecule has 1 heterocycles. The van der Waals surface area contributed by atoms with Crippen molar-refractivity contribution in [3.05, 3.63) is 65.5 Å². The van der Waals surface area contributed by atoms with E-state index < -0.39 is 11.9 Å². The summed E-state index contributed by atoms with van der Waals surface area (Å²) in [5, 5.41) is 2.68. The zero-order chi connectivity index (χ0) is 19.9. The zero-order valence-corrected chi connectivity index (χ0v) is 15.5. The Balaban J connectivity index is 1.78. The van der Waals surface area contributed by atoms with Gasteiger partial charge in [0.15, 0.2) is 0 Å². The van der Waals surface area contributed by atoms with E-state index in [-0.39, 0.29) is 11.4 Å². The number of methoxy groups -OCH3 is 1. The number of benzene rings is 2. The topological polar surface area (TPSA) is 67.9 Å². The molecule has 28 heavy (non-hydrogen) atoms. The highest BCUT2D eigenvalue weighted by Gasteiger charge is 2.18. The van der Waals surface area contributed by atoms with Gasteiger partial charge in [-0.3, -0.25) is 4.79 Å². The number of carbonyl (C=O) groups is 2. The maximum absolute atomic E-state index is 13.2. The Morgan fingerprint density at radius 1 is 1.18 bits per heavy atom. The molecule has 1 saturated heterocycles. The predicted octanol–water partition coefficient (Wildman–Crippen LogP) is 3.10. The normalized spacial score (nSPS) is 14.1. The van der Waals surface area contributed by atoms with Crippen LogP contribution in [0.5, 0.6) is 0 Å². The average Bonchev–Trinajstić information content (AvgIpc) is 2.72. The molecule has 0 bridgehead atoms. The molecular formula is C21H21FN2O4. The van der Waals surface area contributed by atoms with E-state index in [1.165, 1.54) is 31.4 Å². The van der Waals surface area contributed by atoms with Gasteiger partial charge in [0.25, 0.3) is 0 Å². The van der Waals surface area contributed by atoms with Gasteiger partial charge in [0.2, 0.25) is 5.91 Å². The fourth-order valence-corrected chi connectivity index (χ4v) is 2.89. The summed E-state index contributed by atoms with van der Waals surface area (Å²) in [4.78, 5) is 26.5. The van der Waals surface area contributed by atoms with Crippen LogP contribution in [0.2, 0.25) is 0 Å². The molecule has 1 amide bonds. The largest absolute Gasteiger partial charge is 0.465 e. The maximum atomic E-state index is 13.2. The third-order valence-corrected chi connectivity index (χ3v) is 4.32. The predicted molar refractivity (Wildman–Crippen MR) is 105 cm³/mol. The highest BCUT2D eigenvalue weighted by atomic mass is 19.1. The van der Waals surface area contributed by atoms with Crippen LogP contribution >= 0.6 is 0 Å². The summed E-state index contributed by atoms with van der Waals surface area (Å²) in [6.45, 7) is 2.69. The van der Waals surface area contributed by atoms with Crippen LogP contribution in [0, 0.1) is 5.82 Å². The van der Waals surface area contributed by atoms with Gasteiger partial charge in [-0.25, -0.2) is 9.18 Å². The minimum absolute atomic E-state index is 0.263. The van der Waals surface area contributed by atoms with Crippen molar-refractivity contribution < 1.29 is 23.5 Å². The van der Waals surface area contributed by atoms with Crippen molar-refractivity contribution in [2.24, 2.45) is 0 Å². The second kappa shape index (κ2) is 9.14. The fraction of sp³-hybridized carbons (Fsp3) is 0.238. The highest BCUT2D eigenvalue weighted by molar-refractivity contribution is 6.06. The Kier molecular flexibility index (Phi) is 6.39. The molecule has 1 aliphatic rings. The summed E-state index contributed by atoms with van der Waals surface area (Å²) in [6.07, 6.45) is 2.78. The Morgan fingerprint density at radius 2 is 1.96 bits per heavy atom. The lowest BCUT2D eigenvalue weighted by Crippen LogP contribution is -2.36. The number of hydrogen-bond acceptors (Lipinski definition) is 5. The first-order valence-electron chi connectivity index (χ1n) is 8.86. The van der Waals surface area contributed by atoms with E-state index in [0.717, 1.165) is 18.8 Å². The first kappa shape index (κ1) is 19.6. The molecule has 146 valence electrons. The van der Waals surface area contributed by atoms with E-state index in [4.69, 9.17) is 9.47 Å². The molecule has 0 atom stereocenters. The monoisotopic (exact) mass is 384 g/mol. The van der Waals surface area contributed by atoms with Crippen LogP contribution in [0.25, 0.3) is 6.08 Å². The minimum Gasteiger partial charge on any atom is -0.465 e. The average molecular weight is 384 g/mol. The number of nitrogens with one attached hydrogen (secondary N) is 1. The molecule has 0 spiro atoms. The third kappa shape index (κ3) is 4.95. The van der Waals surface area contributed by atoms with Crippen molar-refractivity contribution in [2.75, 3.05) is 43.6 Å². The second-order valence-corrected chi connectivity index (χ2v) is 6.20. The SMILES string of the molecule is COC(=O)c1cc(N2CCOCC2)ccc1NC(=O)/C=C/c1cccc(F)c1. The Bertz CT molecular complexity index is 892. The summed E-state index contributed by atoms with van der Waals surface area (Å²) >= 11 is 0. The number of esters is 1. The van der Waals surface area contributed by atoms with Crippen molar-refractivity contribution in [3.63, 3.8) is 0 Å². The standard InChI is InChI=1S/C21H21FN2O4/c1-27-21(26)18-14-17(24-9-11-28-12-10-24)6-7-19(18)23-20(25)8-5-15-3-2-4-16(22)13-15/h2-8,13-14H,9-12H2,1H3,(H,23,25)/b8-5+. The summed E-state index contributed by atoms with van der Waals surface area (Å²) in [5.74, 6) is -1.36. The Hall–Kier alpha value is -3.19. The van der Waals surface area contributed by atoms with E-state index in [0.29, 0.717) is 24.5 Å². The van der Waals surface area contributed by atoms with Crippen molar-refractivity contribution in [1.29, 1.82) is 0 Å². The lowest BCUT2D eigenvalue weighted by Gasteiger charge is -2.29. The van der Waals surface area contributed by atoms with Crippen LogP contribution < -0.4 is 10.2 Å². The molecule has 0 unspecified atom stereocenters. The van der Waals surface area contributed by atoms with E-state index >= 15 is 0 Å². The molecular weight excluding hydrogens is 363 g/mol. The number of carbonyl (C=O) groups excluding carboxylic acids is 2. The van der Waals surface area contributed by atoms with Crippen LogP contribution in [0.3, 0.4) is 0 Å². The second-order valence-electron chi connectivity index (χ2n) is 6.20.